The molecule has 0 saturated heterocycles. The van der Waals surface area contributed by atoms with E-state index in [1.165, 1.54) is 30.3 Å². The maximum atomic E-state index is 13.2. The number of alkyl halides is 3. The number of hydrogen-bond donors (Lipinski definition) is 2. The van der Waals surface area contributed by atoms with Crippen molar-refractivity contribution in [2.24, 2.45) is 5.41 Å². The summed E-state index contributed by atoms with van der Waals surface area (Å²) in [5.74, 6) is -1.27. The molecule has 2 aromatic carbocycles. The van der Waals surface area contributed by atoms with Gasteiger partial charge in [-0.05, 0) is 42.5 Å². The number of aromatic nitrogens is 1. The first-order valence-electron chi connectivity index (χ1n) is 10.7. The van der Waals surface area contributed by atoms with E-state index in [0.29, 0.717) is 6.20 Å². The van der Waals surface area contributed by atoms with Gasteiger partial charge < -0.3 is 5.32 Å². The molecule has 194 valence electrons. The van der Waals surface area contributed by atoms with Crippen molar-refractivity contribution in [1.29, 1.82) is 0 Å². The molecule has 0 aliphatic rings. The number of nitrogens with one attached hydrogen (secondary N) is 2. The summed E-state index contributed by atoms with van der Waals surface area (Å²) in [6, 6.07) is 11.3. The van der Waals surface area contributed by atoms with Gasteiger partial charge in [-0.3, -0.25) is 19.8 Å². The fourth-order valence-electron chi connectivity index (χ4n) is 3.10. The Hall–Kier alpha value is -3.63. The maximum Gasteiger partial charge on any atom is 0.417 e. The van der Waals surface area contributed by atoms with E-state index in [4.69, 9.17) is 23.2 Å². The van der Waals surface area contributed by atoms with Crippen LogP contribution in [0, 0.1) is 5.41 Å². The minimum atomic E-state index is -4.59. The highest BCUT2D eigenvalue weighted by atomic mass is 35.5. The normalized spacial score (nSPS) is 11.6. The quantitative estimate of drug-likeness (QED) is 0.361. The number of benzene rings is 2. The molecule has 0 atom stereocenters. The largest absolute Gasteiger partial charge is 0.417 e. The molecule has 0 aliphatic heterocycles. The van der Waals surface area contributed by atoms with Crippen molar-refractivity contribution in [2.75, 3.05) is 10.2 Å². The number of hydrogen-bond acceptors (Lipinski definition) is 4. The van der Waals surface area contributed by atoms with Crippen molar-refractivity contribution < 1.29 is 27.6 Å². The predicted molar refractivity (Wildman–Crippen MR) is 135 cm³/mol. The van der Waals surface area contributed by atoms with E-state index in [-0.39, 0.29) is 32.8 Å². The molecule has 3 aromatic rings. The molecule has 4 amide bonds. The molecule has 0 spiro atoms. The van der Waals surface area contributed by atoms with E-state index in [1.807, 2.05) is 0 Å². The summed E-state index contributed by atoms with van der Waals surface area (Å²) in [6.07, 6.45) is -3.97. The molecule has 0 radical (unpaired) electrons. The number of halogens is 5. The van der Waals surface area contributed by atoms with Crippen molar-refractivity contribution in [3.63, 3.8) is 0 Å². The van der Waals surface area contributed by atoms with Gasteiger partial charge in [0.25, 0.3) is 5.91 Å². The highest BCUT2D eigenvalue weighted by molar-refractivity contribution is 6.35. The molecular formula is C25H21Cl2F3N4O3. The Kier molecular flexibility index (Phi) is 8.14. The molecule has 1 heterocycles. The number of pyridine rings is 1. The predicted octanol–water partition coefficient (Wildman–Crippen LogP) is 7.08. The zero-order chi connectivity index (χ0) is 27.5. The van der Waals surface area contributed by atoms with Crippen LogP contribution in [0.15, 0.2) is 60.8 Å². The first-order valence-corrected chi connectivity index (χ1v) is 11.5. The van der Waals surface area contributed by atoms with E-state index in [1.54, 1.807) is 32.9 Å². The Morgan fingerprint density at radius 3 is 2.14 bits per heavy atom. The highest BCUT2D eigenvalue weighted by Crippen LogP contribution is 2.37. The van der Waals surface area contributed by atoms with Gasteiger partial charge in [0, 0.05) is 17.3 Å². The third-order valence-electron chi connectivity index (χ3n) is 4.94. The summed E-state index contributed by atoms with van der Waals surface area (Å²) >= 11 is 12.4. The van der Waals surface area contributed by atoms with Gasteiger partial charge in [-0.2, -0.15) is 13.2 Å². The van der Waals surface area contributed by atoms with E-state index < -0.39 is 35.0 Å². The molecule has 1 aromatic heterocycles. The van der Waals surface area contributed by atoms with Crippen LogP contribution in [0.1, 0.15) is 36.7 Å². The molecule has 0 unspecified atom stereocenters. The zero-order valence-corrected chi connectivity index (χ0v) is 21.3. The Morgan fingerprint density at radius 1 is 0.919 bits per heavy atom. The minimum Gasteiger partial charge on any atom is -0.308 e. The number of imide groups is 1. The van der Waals surface area contributed by atoms with E-state index in [9.17, 15) is 27.6 Å². The zero-order valence-electron chi connectivity index (χ0n) is 19.8. The van der Waals surface area contributed by atoms with E-state index in [2.05, 4.69) is 15.6 Å². The second-order valence-electron chi connectivity index (χ2n) is 8.85. The fraction of sp³-hybridized carbons (Fsp3) is 0.200. The number of amides is 4. The van der Waals surface area contributed by atoms with Gasteiger partial charge >= 0.3 is 12.2 Å². The number of carbonyl (C=O) groups excluding carboxylic acids is 3. The van der Waals surface area contributed by atoms with Gasteiger partial charge in [0.15, 0.2) is 0 Å². The monoisotopic (exact) mass is 552 g/mol. The van der Waals surface area contributed by atoms with Crippen LogP contribution in [0.4, 0.5) is 35.2 Å². The van der Waals surface area contributed by atoms with Crippen molar-refractivity contribution in [2.45, 2.75) is 26.9 Å². The van der Waals surface area contributed by atoms with Crippen molar-refractivity contribution >= 4 is 58.2 Å². The average molecular weight is 553 g/mol. The molecule has 0 aliphatic carbocycles. The molecule has 2 N–H and O–H groups in total. The topological polar surface area (TPSA) is 91.4 Å². The molecule has 12 heteroatoms. The van der Waals surface area contributed by atoms with Gasteiger partial charge in [-0.1, -0.05) is 56.1 Å². The maximum absolute atomic E-state index is 13.2. The van der Waals surface area contributed by atoms with Crippen LogP contribution in [-0.4, -0.2) is 22.8 Å². The lowest BCUT2D eigenvalue weighted by atomic mass is 9.94. The second kappa shape index (κ2) is 10.8. The Bertz CT molecular complexity index is 1340. The van der Waals surface area contributed by atoms with Crippen LogP contribution in [-0.2, 0) is 11.0 Å². The van der Waals surface area contributed by atoms with Crippen LogP contribution in [0.3, 0.4) is 0 Å². The standard InChI is InChI=1S/C25H21Cl2F3N4O3/c1-24(2,3)22(36)34(20-11-8-14(13-31-20)25(28,29)30)19-10-9-15(12-18(19)27)32-23(37)33-21(35)16-6-4-5-7-17(16)26/h4-13H,1-3H3,(H2,32,33,35,37). The number of urea groups is 1. The van der Waals surface area contributed by atoms with Gasteiger partial charge in [0.2, 0.25) is 5.91 Å². The van der Waals surface area contributed by atoms with Gasteiger partial charge in [-0.25, -0.2) is 9.78 Å². The third kappa shape index (κ3) is 6.78. The van der Waals surface area contributed by atoms with Crippen molar-refractivity contribution in [3.05, 3.63) is 82.0 Å². The molecular weight excluding hydrogens is 532 g/mol. The van der Waals surface area contributed by atoms with Gasteiger partial charge in [0.05, 0.1) is 26.9 Å². The Balaban J connectivity index is 1.87. The van der Waals surface area contributed by atoms with Crippen molar-refractivity contribution in [3.8, 4) is 0 Å². The summed E-state index contributed by atoms with van der Waals surface area (Å²) in [5, 5.41) is 4.75. The second-order valence-corrected chi connectivity index (χ2v) is 9.66. The van der Waals surface area contributed by atoms with Crippen LogP contribution in [0.5, 0.6) is 0 Å². The first kappa shape index (κ1) is 27.9. The van der Waals surface area contributed by atoms with E-state index in [0.717, 1.165) is 17.0 Å². The van der Waals surface area contributed by atoms with Gasteiger partial charge in [-0.15, -0.1) is 0 Å². The Morgan fingerprint density at radius 2 is 1.59 bits per heavy atom. The molecule has 3 rings (SSSR count). The summed E-state index contributed by atoms with van der Waals surface area (Å²) in [7, 11) is 0. The number of anilines is 3. The first-order chi connectivity index (χ1) is 17.2. The smallest absolute Gasteiger partial charge is 0.308 e. The van der Waals surface area contributed by atoms with Crippen LogP contribution in [0.2, 0.25) is 10.0 Å². The summed E-state index contributed by atoms with van der Waals surface area (Å²) in [5.41, 5.74) is -1.49. The molecule has 0 saturated carbocycles. The number of rotatable bonds is 4. The lowest BCUT2D eigenvalue weighted by molar-refractivity contribution is -0.137. The number of nitrogens with zero attached hydrogens (tertiary/aromatic N) is 2. The molecule has 0 bridgehead atoms. The highest BCUT2D eigenvalue weighted by Gasteiger charge is 2.34. The summed E-state index contributed by atoms with van der Waals surface area (Å²) in [4.78, 5) is 42.8. The summed E-state index contributed by atoms with van der Waals surface area (Å²) in [6.45, 7) is 4.91. The van der Waals surface area contributed by atoms with Crippen LogP contribution in [0.25, 0.3) is 0 Å². The minimum absolute atomic E-state index is 0.00507. The van der Waals surface area contributed by atoms with Gasteiger partial charge in [0.1, 0.15) is 5.82 Å². The van der Waals surface area contributed by atoms with Crippen molar-refractivity contribution in [1.82, 2.24) is 10.3 Å². The Labute approximate surface area is 220 Å². The summed E-state index contributed by atoms with van der Waals surface area (Å²) < 4.78 is 39.0. The third-order valence-corrected chi connectivity index (χ3v) is 5.57. The molecule has 0 fully saturated rings. The molecule has 7 nitrogen and oxygen atoms in total. The van der Waals surface area contributed by atoms with Crippen LogP contribution < -0.4 is 15.5 Å². The SMILES string of the molecule is CC(C)(C)C(=O)N(c1ccc(C(F)(F)F)cn1)c1ccc(NC(=O)NC(=O)c2ccccc2Cl)cc1Cl. The average Bonchev–Trinajstić information content (AvgIpc) is 2.80. The molecule has 37 heavy (non-hydrogen) atoms. The fourth-order valence-corrected chi connectivity index (χ4v) is 3.59. The lowest BCUT2D eigenvalue weighted by Crippen LogP contribution is -2.37. The lowest BCUT2D eigenvalue weighted by Gasteiger charge is -2.29. The number of carbonyl (C=O) groups is 3. The van der Waals surface area contributed by atoms with Crippen LogP contribution >= 0.6 is 23.2 Å². The van der Waals surface area contributed by atoms with E-state index >= 15 is 0 Å².